The van der Waals surface area contributed by atoms with Crippen LogP contribution in [0, 0.1) is 0 Å². The molecule has 0 saturated carbocycles. The van der Waals surface area contributed by atoms with Crippen molar-refractivity contribution in [2.45, 2.75) is 64.8 Å². The number of hydrogen-bond donors (Lipinski definition) is 1. The standard InChI is InChI=1S/C15H26BrNS/c1-2-3-4-5-6-7-8-9-12-17-13-14-10-11-15(16)18-14/h10-11,17H,2-9,12-13H2,1H3. The van der Waals surface area contributed by atoms with Gasteiger partial charge in [0.25, 0.3) is 0 Å². The first kappa shape index (κ1) is 16.2. The Balaban J connectivity index is 1.81. The number of unbranched alkanes of at least 4 members (excludes halogenated alkanes) is 7. The van der Waals surface area contributed by atoms with E-state index in [0.29, 0.717) is 0 Å². The van der Waals surface area contributed by atoms with Crippen LogP contribution in [0.2, 0.25) is 0 Å². The number of rotatable bonds is 11. The van der Waals surface area contributed by atoms with Crippen LogP contribution in [0.5, 0.6) is 0 Å². The SMILES string of the molecule is CCCCCCCCCCNCc1ccc(Br)s1. The van der Waals surface area contributed by atoms with Crippen molar-refractivity contribution < 1.29 is 0 Å². The van der Waals surface area contributed by atoms with E-state index < -0.39 is 0 Å². The van der Waals surface area contributed by atoms with Crippen LogP contribution in [0.4, 0.5) is 0 Å². The highest BCUT2D eigenvalue weighted by atomic mass is 79.9. The maximum absolute atomic E-state index is 3.52. The lowest BCUT2D eigenvalue weighted by atomic mass is 10.1. The summed E-state index contributed by atoms with van der Waals surface area (Å²) in [7, 11) is 0. The van der Waals surface area contributed by atoms with E-state index in [4.69, 9.17) is 0 Å². The number of hydrogen-bond acceptors (Lipinski definition) is 2. The lowest BCUT2D eigenvalue weighted by Gasteiger charge is -2.03. The second kappa shape index (κ2) is 11.0. The van der Waals surface area contributed by atoms with Crippen molar-refractivity contribution in [3.63, 3.8) is 0 Å². The van der Waals surface area contributed by atoms with E-state index in [2.05, 4.69) is 40.3 Å². The van der Waals surface area contributed by atoms with Crippen LogP contribution >= 0.6 is 27.3 Å². The molecule has 3 heteroatoms. The van der Waals surface area contributed by atoms with Gasteiger partial charge in [-0.05, 0) is 41.0 Å². The van der Waals surface area contributed by atoms with Crippen molar-refractivity contribution in [1.29, 1.82) is 0 Å². The van der Waals surface area contributed by atoms with Gasteiger partial charge in [0.1, 0.15) is 0 Å². The van der Waals surface area contributed by atoms with Gasteiger partial charge in [0, 0.05) is 11.4 Å². The van der Waals surface area contributed by atoms with Crippen LogP contribution in [0.15, 0.2) is 15.9 Å². The lowest BCUT2D eigenvalue weighted by molar-refractivity contribution is 0.556. The molecular weight excluding hydrogens is 306 g/mol. The molecule has 0 atom stereocenters. The summed E-state index contributed by atoms with van der Waals surface area (Å²) in [5.74, 6) is 0. The van der Waals surface area contributed by atoms with E-state index >= 15 is 0 Å². The molecule has 1 nitrogen and oxygen atoms in total. The fourth-order valence-corrected chi connectivity index (χ4v) is 3.50. The minimum Gasteiger partial charge on any atom is -0.312 e. The summed E-state index contributed by atoms with van der Waals surface area (Å²) in [6, 6.07) is 4.31. The molecule has 18 heavy (non-hydrogen) atoms. The van der Waals surface area contributed by atoms with E-state index in [-0.39, 0.29) is 0 Å². The molecule has 0 aromatic carbocycles. The molecule has 0 spiro atoms. The van der Waals surface area contributed by atoms with Crippen LogP contribution in [0.3, 0.4) is 0 Å². The zero-order valence-corrected chi connectivity index (χ0v) is 13.9. The van der Waals surface area contributed by atoms with Gasteiger partial charge >= 0.3 is 0 Å². The Labute approximate surface area is 125 Å². The van der Waals surface area contributed by atoms with Gasteiger partial charge in [0.15, 0.2) is 0 Å². The summed E-state index contributed by atoms with van der Waals surface area (Å²) < 4.78 is 1.23. The average molecular weight is 332 g/mol. The predicted molar refractivity (Wildman–Crippen MR) is 86.3 cm³/mol. The third-order valence-corrected chi connectivity index (χ3v) is 4.76. The summed E-state index contributed by atoms with van der Waals surface area (Å²) in [4.78, 5) is 1.42. The van der Waals surface area contributed by atoms with Gasteiger partial charge in [0.05, 0.1) is 3.79 Å². The Hall–Kier alpha value is 0.140. The highest BCUT2D eigenvalue weighted by molar-refractivity contribution is 9.11. The summed E-state index contributed by atoms with van der Waals surface area (Å²) in [5, 5.41) is 3.52. The Morgan fingerprint density at radius 3 is 2.28 bits per heavy atom. The second-order valence-electron chi connectivity index (χ2n) is 4.86. The molecule has 104 valence electrons. The highest BCUT2D eigenvalue weighted by Crippen LogP contribution is 2.21. The smallest absolute Gasteiger partial charge is 0.0701 e. The first-order chi connectivity index (χ1) is 8.83. The molecule has 1 rings (SSSR count). The Morgan fingerprint density at radius 1 is 1.00 bits per heavy atom. The number of thiophene rings is 1. The second-order valence-corrected chi connectivity index (χ2v) is 7.41. The third kappa shape index (κ3) is 8.28. The Bertz CT molecular complexity index is 298. The molecule has 0 saturated heterocycles. The fourth-order valence-electron chi connectivity index (χ4n) is 2.04. The molecule has 0 unspecified atom stereocenters. The van der Waals surface area contributed by atoms with Gasteiger partial charge in [-0.2, -0.15) is 0 Å². The summed E-state index contributed by atoms with van der Waals surface area (Å²) in [6.45, 7) is 4.45. The molecule has 0 aliphatic rings. The summed E-state index contributed by atoms with van der Waals surface area (Å²) in [5.41, 5.74) is 0. The van der Waals surface area contributed by atoms with Gasteiger partial charge in [-0.1, -0.05) is 51.9 Å². The Morgan fingerprint density at radius 2 is 1.67 bits per heavy atom. The van der Waals surface area contributed by atoms with Crippen molar-refractivity contribution in [3.8, 4) is 0 Å². The lowest BCUT2D eigenvalue weighted by Crippen LogP contribution is -2.13. The maximum atomic E-state index is 3.52. The number of halogens is 1. The quantitative estimate of drug-likeness (QED) is 0.509. The molecule has 0 bridgehead atoms. The van der Waals surface area contributed by atoms with Gasteiger partial charge in [0.2, 0.25) is 0 Å². The molecule has 1 heterocycles. The molecule has 0 fully saturated rings. The molecule has 0 aliphatic heterocycles. The van der Waals surface area contributed by atoms with Crippen molar-refractivity contribution in [1.82, 2.24) is 5.32 Å². The van der Waals surface area contributed by atoms with E-state index in [0.717, 1.165) is 13.1 Å². The summed E-state index contributed by atoms with van der Waals surface area (Å²) in [6.07, 6.45) is 11.2. The first-order valence-corrected chi connectivity index (χ1v) is 8.89. The zero-order chi connectivity index (χ0) is 13.1. The van der Waals surface area contributed by atoms with Crippen LogP contribution < -0.4 is 5.32 Å². The molecule has 0 amide bonds. The molecule has 1 aromatic rings. The van der Waals surface area contributed by atoms with Crippen LogP contribution in [0.1, 0.15) is 63.2 Å². The molecule has 1 aromatic heterocycles. The van der Waals surface area contributed by atoms with Crippen molar-refractivity contribution in [2.24, 2.45) is 0 Å². The van der Waals surface area contributed by atoms with E-state index in [1.165, 1.54) is 60.0 Å². The highest BCUT2D eigenvalue weighted by Gasteiger charge is 1.96. The minimum absolute atomic E-state index is 1.02. The zero-order valence-electron chi connectivity index (χ0n) is 11.5. The molecule has 1 N–H and O–H groups in total. The van der Waals surface area contributed by atoms with Crippen LogP contribution in [-0.4, -0.2) is 6.54 Å². The van der Waals surface area contributed by atoms with Gasteiger partial charge in [-0.3, -0.25) is 0 Å². The van der Waals surface area contributed by atoms with Crippen LogP contribution in [0.25, 0.3) is 0 Å². The predicted octanol–water partition coefficient (Wildman–Crippen LogP) is 5.74. The normalized spacial score (nSPS) is 11.0. The van der Waals surface area contributed by atoms with E-state index in [1.54, 1.807) is 0 Å². The van der Waals surface area contributed by atoms with Crippen molar-refractivity contribution in [3.05, 3.63) is 20.8 Å². The first-order valence-electron chi connectivity index (χ1n) is 7.28. The molecule has 0 radical (unpaired) electrons. The van der Waals surface area contributed by atoms with Gasteiger partial charge in [-0.15, -0.1) is 11.3 Å². The van der Waals surface area contributed by atoms with Crippen molar-refractivity contribution in [2.75, 3.05) is 6.54 Å². The topological polar surface area (TPSA) is 12.0 Å². The van der Waals surface area contributed by atoms with Gasteiger partial charge in [-0.25, -0.2) is 0 Å². The molecule has 0 aliphatic carbocycles. The average Bonchev–Trinajstić information content (AvgIpc) is 2.77. The monoisotopic (exact) mass is 331 g/mol. The minimum atomic E-state index is 1.02. The third-order valence-electron chi connectivity index (χ3n) is 3.14. The van der Waals surface area contributed by atoms with Gasteiger partial charge < -0.3 is 5.32 Å². The fraction of sp³-hybridized carbons (Fsp3) is 0.733. The van der Waals surface area contributed by atoms with Crippen LogP contribution in [-0.2, 0) is 6.54 Å². The Kier molecular flexibility index (Phi) is 9.90. The van der Waals surface area contributed by atoms with Crippen molar-refractivity contribution >= 4 is 27.3 Å². The maximum Gasteiger partial charge on any atom is 0.0701 e. The van der Waals surface area contributed by atoms with E-state index in [1.807, 2.05) is 11.3 Å². The summed E-state index contributed by atoms with van der Waals surface area (Å²) >= 11 is 5.31. The number of nitrogens with one attached hydrogen (secondary N) is 1. The largest absolute Gasteiger partial charge is 0.312 e. The van der Waals surface area contributed by atoms with E-state index in [9.17, 15) is 0 Å². The molecular formula is C15H26BrNS.